The summed E-state index contributed by atoms with van der Waals surface area (Å²) in [5.74, 6) is -0.368. The van der Waals surface area contributed by atoms with Crippen LogP contribution in [0, 0.1) is 12.7 Å². The lowest BCUT2D eigenvalue weighted by atomic mass is 10.00. The van der Waals surface area contributed by atoms with E-state index in [4.69, 9.17) is 17.3 Å². The summed E-state index contributed by atoms with van der Waals surface area (Å²) < 4.78 is 13.0. The van der Waals surface area contributed by atoms with E-state index < -0.39 is 0 Å². The fraction of sp³-hybridized carbons (Fsp3) is 0.400. The second-order valence-corrected chi connectivity index (χ2v) is 4.07. The molecule has 0 amide bonds. The number of nitrogens with two attached hydrogens (primary N) is 1. The van der Waals surface area contributed by atoms with Crippen molar-refractivity contribution in [3.8, 4) is 0 Å². The highest BCUT2D eigenvalue weighted by atomic mass is 35.5. The van der Waals surface area contributed by atoms with E-state index in [1.54, 1.807) is 6.07 Å². The SMILES string of the molecule is Cc1c(C2(N)CC2)ccc(F)c1Cl. The summed E-state index contributed by atoms with van der Waals surface area (Å²) >= 11 is 5.79. The van der Waals surface area contributed by atoms with Gasteiger partial charge in [0.15, 0.2) is 0 Å². The van der Waals surface area contributed by atoms with E-state index in [2.05, 4.69) is 0 Å². The Hall–Kier alpha value is -0.600. The molecule has 1 fully saturated rings. The molecule has 13 heavy (non-hydrogen) atoms. The molecule has 2 N–H and O–H groups in total. The van der Waals surface area contributed by atoms with E-state index >= 15 is 0 Å². The number of hydrogen-bond donors (Lipinski definition) is 1. The maximum Gasteiger partial charge on any atom is 0.142 e. The van der Waals surface area contributed by atoms with Crippen LogP contribution in [-0.4, -0.2) is 0 Å². The van der Waals surface area contributed by atoms with Crippen molar-refractivity contribution >= 4 is 11.6 Å². The van der Waals surface area contributed by atoms with Gasteiger partial charge in [-0.2, -0.15) is 0 Å². The summed E-state index contributed by atoms with van der Waals surface area (Å²) in [5, 5.41) is 0.203. The Bertz CT molecular complexity index is 358. The Kier molecular flexibility index (Phi) is 1.86. The second-order valence-electron chi connectivity index (χ2n) is 3.69. The fourth-order valence-electron chi connectivity index (χ4n) is 1.60. The standard InChI is InChI=1S/C10H11ClFN/c1-6-7(10(13)4-5-10)2-3-8(12)9(6)11/h2-3H,4-5,13H2,1H3. The van der Waals surface area contributed by atoms with Crippen LogP contribution in [0.3, 0.4) is 0 Å². The zero-order valence-corrected chi connectivity index (χ0v) is 8.16. The molecule has 0 unspecified atom stereocenters. The molecule has 1 saturated carbocycles. The summed E-state index contributed by atoms with van der Waals surface area (Å²) in [6, 6.07) is 3.13. The largest absolute Gasteiger partial charge is 0.321 e. The maximum absolute atomic E-state index is 13.0. The highest BCUT2D eigenvalue weighted by Gasteiger charge is 2.41. The van der Waals surface area contributed by atoms with Crippen molar-refractivity contribution < 1.29 is 4.39 Å². The Balaban J connectivity index is 2.54. The first-order chi connectivity index (χ1) is 6.04. The molecule has 0 radical (unpaired) electrons. The average molecular weight is 200 g/mol. The van der Waals surface area contributed by atoms with Crippen LogP contribution in [0.2, 0.25) is 5.02 Å². The zero-order chi connectivity index (χ0) is 9.64. The second kappa shape index (κ2) is 2.69. The molecule has 0 atom stereocenters. The lowest BCUT2D eigenvalue weighted by Gasteiger charge is -2.13. The van der Waals surface area contributed by atoms with Crippen molar-refractivity contribution in [3.05, 3.63) is 34.1 Å². The lowest BCUT2D eigenvalue weighted by Crippen LogP contribution is -2.20. The first-order valence-electron chi connectivity index (χ1n) is 4.28. The van der Waals surface area contributed by atoms with Crippen molar-refractivity contribution in [2.24, 2.45) is 5.73 Å². The fourth-order valence-corrected chi connectivity index (χ4v) is 1.76. The highest BCUT2D eigenvalue weighted by Crippen LogP contribution is 2.45. The van der Waals surface area contributed by atoms with Gasteiger partial charge >= 0.3 is 0 Å². The minimum absolute atomic E-state index is 0.203. The molecule has 0 heterocycles. The Morgan fingerprint density at radius 2 is 2.08 bits per heavy atom. The number of rotatable bonds is 1. The van der Waals surface area contributed by atoms with Crippen LogP contribution in [-0.2, 0) is 5.54 Å². The molecule has 0 aliphatic heterocycles. The Morgan fingerprint density at radius 3 is 2.62 bits per heavy atom. The summed E-state index contributed by atoms with van der Waals surface area (Å²) in [7, 11) is 0. The highest BCUT2D eigenvalue weighted by molar-refractivity contribution is 6.31. The normalized spacial score (nSPS) is 18.8. The van der Waals surface area contributed by atoms with Crippen LogP contribution in [0.15, 0.2) is 12.1 Å². The molecular weight excluding hydrogens is 189 g/mol. The van der Waals surface area contributed by atoms with Crippen LogP contribution >= 0.6 is 11.6 Å². The van der Waals surface area contributed by atoms with Gasteiger partial charge in [0.2, 0.25) is 0 Å². The van der Waals surface area contributed by atoms with E-state index in [1.165, 1.54) is 6.07 Å². The van der Waals surface area contributed by atoms with Crippen LogP contribution in [0.5, 0.6) is 0 Å². The van der Waals surface area contributed by atoms with Crippen molar-refractivity contribution in [3.63, 3.8) is 0 Å². The molecule has 0 aromatic heterocycles. The zero-order valence-electron chi connectivity index (χ0n) is 7.40. The van der Waals surface area contributed by atoms with Gasteiger partial charge in [0, 0.05) is 5.54 Å². The molecule has 1 aromatic carbocycles. The van der Waals surface area contributed by atoms with Crippen molar-refractivity contribution in [1.82, 2.24) is 0 Å². The van der Waals surface area contributed by atoms with Gasteiger partial charge in [0.25, 0.3) is 0 Å². The van der Waals surface area contributed by atoms with E-state index in [0.29, 0.717) is 0 Å². The summed E-state index contributed by atoms with van der Waals surface area (Å²) in [6.45, 7) is 1.81. The minimum Gasteiger partial charge on any atom is -0.321 e. The first kappa shape index (κ1) is 8.97. The van der Waals surface area contributed by atoms with Crippen LogP contribution in [0.1, 0.15) is 24.0 Å². The molecule has 1 aliphatic rings. The van der Waals surface area contributed by atoms with Gasteiger partial charge in [-0.25, -0.2) is 4.39 Å². The molecule has 70 valence electrons. The van der Waals surface area contributed by atoms with E-state index in [1.807, 2.05) is 6.92 Å². The predicted molar refractivity (Wildman–Crippen MR) is 51.2 cm³/mol. The van der Waals surface area contributed by atoms with E-state index in [9.17, 15) is 4.39 Å². The van der Waals surface area contributed by atoms with Gasteiger partial charge in [0.1, 0.15) is 5.82 Å². The Labute approximate surface area is 81.7 Å². The first-order valence-corrected chi connectivity index (χ1v) is 4.66. The lowest BCUT2D eigenvalue weighted by molar-refractivity contribution is 0.622. The quantitative estimate of drug-likeness (QED) is 0.740. The predicted octanol–water partition coefficient (Wildman–Crippen LogP) is 2.74. The summed E-state index contributed by atoms with van der Waals surface area (Å²) in [6.07, 6.45) is 1.94. The molecule has 0 spiro atoms. The van der Waals surface area contributed by atoms with Crippen LogP contribution in [0.4, 0.5) is 4.39 Å². The van der Waals surface area contributed by atoms with Gasteiger partial charge in [-0.05, 0) is 37.0 Å². The summed E-state index contributed by atoms with van der Waals surface area (Å²) in [4.78, 5) is 0. The van der Waals surface area contributed by atoms with Gasteiger partial charge in [-0.15, -0.1) is 0 Å². The molecule has 3 heteroatoms. The molecule has 0 saturated heterocycles. The van der Waals surface area contributed by atoms with E-state index in [-0.39, 0.29) is 16.4 Å². The molecule has 1 aromatic rings. The maximum atomic E-state index is 13.0. The third-order valence-corrected chi connectivity index (χ3v) is 3.13. The minimum atomic E-state index is -0.368. The molecular formula is C10H11ClFN. The molecule has 0 bridgehead atoms. The van der Waals surface area contributed by atoms with Crippen molar-refractivity contribution in [1.29, 1.82) is 0 Å². The third-order valence-electron chi connectivity index (χ3n) is 2.66. The molecule has 1 aliphatic carbocycles. The van der Waals surface area contributed by atoms with Crippen molar-refractivity contribution in [2.75, 3.05) is 0 Å². The summed E-state index contributed by atoms with van der Waals surface area (Å²) in [5.41, 5.74) is 7.54. The molecule has 2 rings (SSSR count). The van der Waals surface area contributed by atoms with E-state index in [0.717, 1.165) is 24.0 Å². The van der Waals surface area contributed by atoms with Crippen molar-refractivity contribution in [2.45, 2.75) is 25.3 Å². The smallest absolute Gasteiger partial charge is 0.142 e. The molecule has 1 nitrogen and oxygen atoms in total. The van der Waals surface area contributed by atoms with Gasteiger partial charge in [-0.1, -0.05) is 17.7 Å². The van der Waals surface area contributed by atoms with Crippen LogP contribution in [0.25, 0.3) is 0 Å². The third kappa shape index (κ3) is 1.34. The van der Waals surface area contributed by atoms with Crippen LogP contribution < -0.4 is 5.73 Å². The monoisotopic (exact) mass is 199 g/mol. The topological polar surface area (TPSA) is 26.0 Å². The number of hydrogen-bond acceptors (Lipinski definition) is 1. The number of halogens is 2. The van der Waals surface area contributed by atoms with Gasteiger partial charge < -0.3 is 5.73 Å². The number of benzene rings is 1. The van der Waals surface area contributed by atoms with Gasteiger partial charge in [0.05, 0.1) is 5.02 Å². The Morgan fingerprint density at radius 1 is 1.46 bits per heavy atom. The average Bonchev–Trinajstić information content (AvgIpc) is 2.80. The van der Waals surface area contributed by atoms with Gasteiger partial charge in [-0.3, -0.25) is 0 Å².